The highest BCUT2D eigenvalue weighted by atomic mass is 32.2. The second-order valence-corrected chi connectivity index (χ2v) is 10.9. The van der Waals surface area contributed by atoms with Crippen LogP contribution in [0.5, 0.6) is 0 Å². The first-order valence-corrected chi connectivity index (χ1v) is 13.0. The second kappa shape index (κ2) is 9.94. The Morgan fingerprint density at radius 1 is 1.29 bits per heavy atom. The number of thioether (sulfide) groups is 1. The Kier molecular flexibility index (Phi) is 7.52. The van der Waals surface area contributed by atoms with Crippen molar-refractivity contribution < 1.29 is 13.2 Å². The van der Waals surface area contributed by atoms with Crippen LogP contribution >= 0.6 is 23.1 Å². The largest absolute Gasteiger partial charge is 0.325 e. The van der Waals surface area contributed by atoms with E-state index in [4.69, 9.17) is 0 Å². The van der Waals surface area contributed by atoms with Gasteiger partial charge in [0.2, 0.25) is 21.1 Å². The number of sulfonamides is 1. The number of nitrogens with zero attached hydrogens (tertiary/aromatic N) is 3. The summed E-state index contributed by atoms with van der Waals surface area (Å²) in [5.74, 6) is 0.400. The average molecular weight is 480 g/mol. The molecule has 0 unspecified atom stereocenters. The Morgan fingerprint density at radius 2 is 2.03 bits per heavy atom. The van der Waals surface area contributed by atoms with Crippen LogP contribution in [-0.2, 0) is 14.8 Å². The standard InChI is InChI=1S/C20H25N5O3S3/c1-5-25(6-2)31(27,28)17-12-15(10-9-13(17)3)21-19(26)14(4)30-20-22-18(23-24-20)16-8-7-11-29-16/h7-12,14H,5-6H2,1-4H3,(H,21,26)(H,22,23,24)/t14-/m1/s1. The van der Waals surface area contributed by atoms with Gasteiger partial charge in [-0.3, -0.25) is 9.89 Å². The first-order chi connectivity index (χ1) is 14.8. The molecule has 3 aromatic rings. The van der Waals surface area contributed by atoms with Crippen LogP contribution in [0.4, 0.5) is 5.69 Å². The molecule has 0 aliphatic heterocycles. The highest BCUT2D eigenvalue weighted by Gasteiger charge is 2.25. The number of hydrogen-bond acceptors (Lipinski definition) is 7. The maximum absolute atomic E-state index is 12.9. The molecule has 166 valence electrons. The molecule has 0 saturated carbocycles. The second-order valence-electron chi connectivity index (χ2n) is 6.76. The van der Waals surface area contributed by atoms with Crippen LogP contribution in [0.3, 0.4) is 0 Å². The molecule has 1 atom stereocenters. The number of thiophene rings is 1. The van der Waals surface area contributed by atoms with Crippen LogP contribution in [0.15, 0.2) is 45.8 Å². The van der Waals surface area contributed by atoms with Gasteiger partial charge in [-0.25, -0.2) is 13.4 Å². The SMILES string of the molecule is CCN(CC)S(=O)(=O)c1cc(NC(=O)[C@@H](C)Sc2n[nH]c(-c3cccs3)n2)ccc1C. The lowest BCUT2D eigenvalue weighted by Crippen LogP contribution is -2.31. The summed E-state index contributed by atoms with van der Waals surface area (Å²) in [6.45, 7) is 7.86. The summed E-state index contributed by atoms with van der Waals surface area (Å²) >= 11 is 2.78. The molecule has 3 rings (SSSR count). The Hall–Kier alpha value is -2.21. The van der Waals surface area contributed by atoms with Gasteiger partial charge in [0.15, 0.2) is 5.82 Å². The van der Waals surface area contributed by atoms with Crippen LogP contribution in [0.1, 0.15) is 26.3 Å². The Morgan fingerprint density at radius 3 is 2.68 bits per heavy atom. The van der Waals surface area contributed by atoms with Gasteiger partial charge in [-0.2, -0.15) is 4.31 Å². The van der Waals surface area contributed by atoms with Crippen molar-refractivity contribution in [3.8, 4) is 10.7 Å². The summed E-state index contributed by atoms with van der Waals surface area (Å²) in [5, 5.41) is 11.8. The quantitative estimate of drug-likeness (QED) is 0.449. The molecule has 11 heteroatoms. The molecule has 31 heavy (non-hydrogen) atoms. The summed E-state index contributed by atoms with van der Waals surface area (Å²) in [5.41, 5.74) is 1.07. The fourth-order valence-corrected chi connectivity index (χ4v) is 6.03. The van der Waals surface area contributed by atoms with Crippen LogP contribution in [0.2, 0.25) is 0 Å². The van der Waals surface area contributed by atoms with Crippen molar-refractivity contribution >= 4 is 44.7 Å². The number of aromatic amines is 1. The van der Waals surface area contributed by atoms with Gasteiger partial charge in [0.25, 0.3) is 0 Å². The van der Waals surface area contributed by atoms with Gasteiger partial charge in [0.05, 0.1) is 15.0 Å². The number of aryl methyl sites for hydroxylation is 1. The predicted octanol–water partition coefficient (Wildman–Crippen LogP) is 3.99. The zero-order valence-corrected chi connectivity index (χ0v) is 20.2. The lowest BCUT2D eigenvalue weighted by molar-refractivity contribution is -0.115. The van der Waals surface area contributed by atoms with Crippen molar-refractivity contribution in [2.75, 3.05) is 18.4 Å². The summed E-state index contributed by atoms with van der Waals surface area (Å²) < 4.78 is 27.2. The van der Waals surface area contributed by atoms with E-state index in [2.05, 4.69) is 20.5 Å². The predicted molar refractivity (Wildman–Crippen MR) is 125 cm³/mol. The summed E-state index contributed by atoms with van der Waals surface area (Å²) in [4.78, 5) is 18.3. The normalized spacial score (nSPS) is 12.8. The van der Waals surface area contributed by atoms with Crippen molar-refractivity contribution in [2.45, 2.75) is 43.0 Å². The molecule has 0 bridgehead atoms. The van der Waals surface area contributed by atoms with Crippen LogP contribution < -0.4 is 5.32 Å². The van der Waals surface area contributed by atoms with Crippen molar-refractivity contribution in [1.29, 1.82) is 0 Å². The van der Waals surface area contributed by atoms with Crippen molar-refractivity contribution in [2.24, 2.45) is 0 Å². The number of rotatable bonds is 9. The van der Waals surface area contributed by atoms with Gasteiger partial charge >= 0.3 is 0 Å². The van der Waals surface area contributed by atoms with E-state index < -0.39 is 15.3 Å². The maximum atomic E-state index is 12.9. The number of benzene rings is 1. The third kappa shape index (κ3) is 5.35. The molecule has 0 aliphatic carbocycles. The third-order valence-corrected chi connectivity index (χ3v) is 8.68. The van der Waals surface area contributed by atoms with E-state index in [1.807, 2.05) is 17.5 Å². The van der Waals surface area contributed by atoms with E-state index in [0.29, 0.717) is 35.3 Å². The van der Waals surface area contributed by atoms with Gasteiger partial charge < -0.3 is 5.32 Å². The molecular formula is C20H25N5O3S3. The molecule has 2 aromatic heterocycles. The van der Waals surface area contributed by atoms with Crippen LogP contribution in [0.25, 0.3) is 10.7 Å². The fourth-order valence-electron chi connectivity index (χ4n) is 2.94. The molecule has 1 aromatic carbocycles. The molecule has 8 nitrogen and oxygen atoms in total. The highest BCUT2D eigenvalue weighted by molar-refractivity contribution is 8.00. The minimum absolute atomic E-state index is 0.198. The Bertz CT molecular complexity index is 1140. The number of anilines is 1. The number of carbonyl (C=O) groups excluding carboxylic acids is 1. The van der Waals surface area contributed by atoms with Gasteiger partial charge in [-0.15, -0.1) is 16.4 Å². The lowest BCUT2D eigenvalue weighted by Gasteiger charge is -2.20. The Labute approximate surface area is 190 Å². The van der Waals surface area contributed by atoms with Crippen molar-refractivity contribution in [1.82, 2.24) is 19.5 Å². The van der Waals surface area contributed by atoms with Gasteiger partial charge in [0, 0.05) is 18.8 Å². The van der Waals surface area contributed by atoms with Crippen molar-refractivity contribution in [3.05, 3.63) is 41.3 Å². The molecular weight excluding hydrogens is 454 g/mol. The molecule has 1 amide bonds. The zero-order chi connectivity index (χ0) is 22.6. The molecule has 2 N–H and O–H groups in total. The molecule has 0 spiro atoms. The first kappa shape index (κ1) is 23.5. The molecule has 0 aliphatic rings. The molecule has 0 saturated heterocycles. The number of aromatic nitrogens is 3. The van der Waals surface area contributed by atoms with E-state index in [-0.39, 0.29) is 10.8 Å². The number of hydrogen-bond donors (Lipinski definition) is 2. The van der Waals surface area contributed by atoms with Gasteiger partial charge in [-0.1, -0.05) is 37.7 Å². The van der Waals surface area contributed by atoms with Crippen molar-refractivity contribution in [3.63, 3.8) is 0 Å². The monoisotopic (exact) mass is 479 g/mol. The van der Waals surface area contributed by atoms with E-state index in [0.717, 1.165) is 4.88 Å². The minimum atomic E-state index is -3.62. The van der Waals surface area contributed by atoms with Gasteiger partial charge in [-0.05, 0) is 43.0 Å². The van der Waals surface area contributed by atoms with E-state index in [9.17, 15) is 13.2 Å². The number of carbonyl (C=O) groups is 1. The smallest absolute Gasteiger partial charge is 0.243 e. The Balaban J connectivity index is 1.71. The number of nitrogens with one attached hydrogen (secondary N) is 2. The summed E-state index contributed by atoms with van der Waals surface area (Å²) in [6, 6.07) is 8.79. The summed E-state index contributed by atoms with van der Waals surface area (Å²) in [6.07, 6.45) is 0. The van der Waals surface area contributed by atoms with Crippen LogP contribution in [-0.4, -0.2) is 52.2 Å². The topological polar surface area (TPSA) is 108 Å². The van der Waals surface area contributed by atoms with E-state index in [1.165, 1.54) is 22.1 Å². The third-order valence-electron chi connectivity index (χ3n) is 4.65. The number of H-pyrrole nitrogens is 1. The molecule has 0 radical (unpaired) electrons. The molecule has 2 heterocycles. The van der Waals surface area contributed by atoms with E-state index >= 15 is 0 Å². The fraction of sp³-hybridized carbons (Fsp3) is 0.350. The maximum Gasteiger partial charge on any atom is 0.243 e. The summed E-state index contributed by atoms with van der Waals surface area (Å²) in [7, 11) is -3.62. The zero-order valence-electron chi connectivity index (χ0n) is 17.7. The average Bonchev–Trinajstić information content (AvgIpc) is 3.41. The first-order valence-electron chi connectivity index (χ1n) is 9.80. The van der Waals surface area contributed by atoms with Gasteiger partial charge in [0.1, 0.15) is 0 Å². The number of amides is 1. The van der Waals surface area contributed by atoms with E-state index in [1.54, 1.807) is 51.2 Å². The molecule has 0 fully saturated rings. The minimum Gasteiger partial charge on any atom is -0.325 e. The van der Waals surface area contributed by atoms with Crippen LogP contribution in [0, 0.1) is 6.92 Å². The highest BCUT2D eigenvalue weighted by Crippen LogP contribution is 2.27. The lowest BCUT2D eigenvalue weighted by atomic mass is 10.2.